The molecule has 0 bridgehead atoms. The molecule has 1 heterocycles. The van der Waals surface area contributed by atoms with Crippen molar-refractivity contribution in [2.45, 2.75) is 0 Å². The van der Waals surface area contributed by atoms with E-state index in [-0.39, 0.29) is 5.84 Å². The average Bonchev–Trinajstić information content (AvgIpc) is 2.46. The number of pyridine rings is 1. The second-order valence-electron chi connectivity index (χ2n) is 3.84. The second-order valence-corrected chi connectivity index (χ2v) is 3.84. The molecule has 2 rings (SSSR count). The highest BCUT2D eigenvalue weighted by Crippen LogP contribution is 2.28. The Bertz CT molecular complexity index is 599. The number of benzene rings is 1. The quantitative estimate of drug-likeness (QED) is 0.279. The fourth-order valence-electron chi connectivity index (χ4n) is 1.73. The molecule has 2 aromatic rings. The molecular weight excluding hydrogens is 246 g/mol. The zero-order valence-electron chi connectivity index (χ0n) is 10.5. The molecule has 3 N–H and O–H groups in total. The van der Waals surface area contributed by atoms with Gasteiger partial charge in [-0.2, -0.15) is 0 Å². The van der Waals surface area contributed by atoms with E-state index in [2.05, 4.69) is 10.1 Å². The van der Waals surface area contributed by atoms with E-state index in [1.165, 1.54) is 6.20 Å². The van der Waals surface area contributed by atoms with Crippen molar-refractivity contribution in [3.8, 4) is 5.75 Å². The number of nitrogens with two attached hydrogens (primary N) is 1. The van der Waals surface area contributed by atoms with Gasteiger partial charge in [-0.3, -0.25) is 4.98 Å². The molecule has 6 heteroatoms. The maximum Gasteiger partial charge on any atom is 0.175 e. The van der Waals surface area contributed by atoms with Gasteiger partial charge in [0.15, 0.2) is 5.84 Å². The maximum absolute atomic E-state index is 8.81. The number of nitrogens with zero attached hydrogens (tertiary/aromatic N) is 2. The molecule has 0 saturated carbocycles. The molecule has 19 heavy (non-hydrogen) atoms. The molecule has 0 aliphatic carbocycles. The Morgan fingerprint density at radius 1 is 1.37 bits per heavy atom. The average molecular weight is 261 g/mol. The number of fused-ring (bicyclic) bond motifs is 1. The molecule has 1 aromatic heterocycles. The van der Waals surface area contributed by atoms with Gasteiger partial charge in [-0.25, -0.2) is 0 Å². The van der Waals surface area contributed by atoms with E-state index in [0.29, 0.717) is 24.5 Å². The number of aromatic nitrogens is 1. The summed E-state index contributed by atoms with van der Waals surface area (Å²) >= 11 is 0. The number of hydrogen-bond donors (Lipinski definition) is 2. The van der Waals surface area contributed by atoms with Crippen LogP contribution in [0.4, 0.5) is 0 Å². The molecule has 0 atom stereocenters. The number of rotatable bonds is 5. The van der Waals surface area contributed by atoms with Crippen molar-refractivity contribution >= 4 is 16.7 Å². The van der Waals surface area contributed by atoms with E-state index >= 15 is 0 Å². The summed E-state index contributed by atoms with van der Waals surface area (Å²) in [6.45, 7) is 0.822. The van der Waals surface area contributed by atoms with Crippen LogP contribution in [0.5, 0.6) is 5.75 Å². The Hall–Kier alpha value is -2.34. The van der Waals surface area contributed by atoms with E-state index in [1.807, 2.05) is 24.3 Å². The van der Waals surface area contributed by atoms with Crippen LogP contribution in [0.15, 0.2) is 35.6 Å². The molecule has 0 spiro atoms. The first-order chi connectivity index (χ1) is 9.27. The van der Waals surface area contributed by atoms with E-state index in [1.54, 1.807) is 7.11 Å². The van der Waals surface area contributed by atoms with Gasteiger partial charge in [-0.1, -0.05) is 17.3 Å². The molecule has 0 amide bonds. The predicted octanol–water partition coefficient (Wildman–Crippen LogP) is 1.35. The molecule has 1 aromatic carbocycles. The lowest BCUT2D eigenvalue weighted by Gasteiger charge is -2.12. The first-order valence-electron chi connectivity index (χ1n) is 5.75. The predicted molar refractivity (Wildman–Crippen MR) is 71.6 cm³/mol. The summed E-state index contributed by atoms with van der Waals surface area (Å²) in [5.41, 5.74) is 6.88. The minimum atomic E-state index is -0.0364. The van der Waals surface area contributed by atoms with Crippen LogP contribution in [0.3, 0.4) is 0 Å². The minimum Gasteiger partial charge on any atom is -0.490 e. The second kappa shape index (κ2) is 6.01. The van der Waals surface area contributed by atoms with Gasteiger partial charge < -0.3 is 20.4 Å². The van der Waals surface area contributed by atoms with Gasteiger partial charge in [0.1, 0.15) is 12.4 Å². The van der Waals surface area contributed by atoms with Crippen LogP contribution in [0, 0.1) is 0 Å². The highest BCUT2D eigenvalue weighted by atomic mass is 16.5. The van der Waals surface area contributed by atoms with Gasteiger partial charge in [0.25, 0.3) is 0 Å². The van der Waals surface area contributed by atoms with Crippen molar-refractivity contribution < 1.29 is 14.7 Å². The topological polar surface area (TPSA) is 90.0 Å². The Kier molecular flexibility index (Phi) is 4.15. The molecule has 100 valence electrons. The number of para-hydroxylation sites is 1. The Labute approximate surface area is 110 Å². The molecule has 0 aliphatic rings. The smallest absolute Gasteiger partial charge is 0.175 e. The number of amidine groups is 1. The van der Waals surface area contributed by atoms with Gasteiger partial charge in [0, 0.05) is 18.7 Å². The van der Waals surface area contributed by atoms with Crippen LogP contribution in [-0.2, 0) is 4.74 Å². The number of oxime groups is 1. The summed E-state index contributed by atoms with van der Waals surface area (Å²) < 4.78 is 10.6. The first kappa shape index (κ1) is 13.1. The lowest BCUT2D eigenvalue weighted by molar-refractivity contribution is 0.147. The lowest BCUT2D eigenvalue weighted by atomic mass is 10.1. The normalized spacial score (nSPS) is 11.7. The molecule has 0 saturated heterocycles. The third-order valence-corrected chi connectivity index (χ3v) is 2.64. The van der Waals surface area contributed by atoms with Crippen molar-refractivity contribution in [2.75, 3.05) is 20.3 Å². The molecule has 0 radical (unpaired) electrons. The number of methoxy groups -OCH3 is 1. The Morgan fingerprint density at radius 3 is 2.89 bits per heavy atom. The van der Waals surface area contributed by atoms with Gasteiger partial charge in [0.05, 0.1) is 17.7 Å². The van der Waals surface area contributed by atoms with Crippen molar-refractivity contribution in [1.29, 1.82) is 0 Å². The highest BCUT2D eigenvalue weighted by Gasteiger charge is 2.13. The molecule has 0 aliphatic heterocycles. The van der Waals surface area contributed by atoms with Gasteiger partial charge in [0.2, 0.25) is 0 Å². The Balaban J connectivity index is 2.51. The van der Waals surface area contributed by atoms with Crippen LogP contribution < -0.4 is 10.5 Å². The molecular formula is C13H15N3O3. The van der Waals surface area contributed by atoms with Gasteiger partial charge >= 0.3 is 0 Å². The molecule has 0 fully saturated rings. The van der Waals surface area contributed by atoms with Gasteiger partial charge in [-0.05, 0) is 12.1 Å². The van der Waals surface area contributed by atoms with E-state index in [9.17, 15) is 0 Å². The largest absolute Gasteiger partial charge is 0.490 e. The summed E-state index contributed by atoms with van der Waals surface area (Å²) in [5.74, 6) is 0.503. The first-order valence-corrected chi connectivity index (χ1v) is 5.75. The van der Waals surface area contributed by atoms with Crippen molar-refractivity contribution in [2.24, 2.45) is 10.9 Å². The van der Waals surface area contributed by atoms with Crippen LogP contribution >= 0.6 is 0 Å². The zero-order chi connectivity index (χ0) is 13.7. The molecule has 0 unspecified atom stereocenters. The van der Waals surface area contributed by atoms with Crippen molar-refractivity contribution in [3.63, 3.8) is 0 Å². The third-order valence-electron chi connectivity index (χ3n) is 2.64. The summed E-state index contributed by atoms with van der Waals surface area (Å²) in [6, 6.07) is 7.51. The summed E-state index contributed by atoms with van der Waals surface area (Å²) in [5, 5.41) is 12.6. The minimum absolute atomic E-state index is 0.0364. The zero-order valence-corrected chi connectivity index (χ0v) is 10.5. The fourth-order valence-corrected chi connectivity index (χ4v) is 1.73. The summed E-state index contributed by atoms with van der Waals surface area (Å²) in [4.78, 5) is 4.26. The van der Waals surface area contributed by atoms with E-state index in [0.717, 1.165) is 10.9 Å². The highest BCUT2D eigenvalue weighted by molar-refractivity contribution is 6.04. The maximum atomic E-state index is 8.81. The SMILES string of the molecule is COCCOc1c(/C(N)=N/O)cnc2ccccc12. The third kappa shape index (κ3) is 2.74. The van der Waals surface area contributed by atoms with Crippen molar-refractivity contribution in [1.82, 2.24) is 4.98 Å². The number of ether oxygens (including phenoxy) is 2. The Morgan fingerprint density at radius 2 is 2.16 bits per heavy atom. The monoisotopic (exact) mass is 261 g/mol. The molecule has 6 nitrogen and oxygen atoms in total. The summed E-state index contributed by atoms with van der Waals surface area (Å²) in [7, 11) is 1.60. The van der Waals surface area contributed by atoms with E-state index < -0.39 is 0 Å². The van der Waals surface area contributed by atoms with E-state index in [4.69, 9.17) is 20.4 Å². The van der Waals surface area contributed by atoms with Crippen LogP contribution in [0.2, 0.25) is 0 Å². The number of hydrogen-bond acceptors (Lipinski definition) is 5. The lowest BCUT2D eigenvalue weighted by Crippen LogP contribution is -2.16. The van der Waals surface area contributed by atoms with Crippen LogP contribution in [0.1, 0.15) is 5.56 Å². The standard InChI is InChI=1S/C13H15N3O3/c1-18-6-7-19-12-9-4-2-3-5-11(9)15-8-10(12)13(14)16-17/h2-5,8,17H,6-7H2,1H3,(H2,14,16). The van der Waals surface area contributed by atoms with Gasteiger partial charge in [-0.15, -0.1) is 0 Å². The summed E-state index contributed by atoms with van der Waals surface area (Å²) in [6.07, 6.45) is 1.53. The van der Waals surface area contributed by atoms with Crippen molar-refractivity contribution in [3.05, 3.63) is 36.0 Å². The fraction of sp³-hybridized carbons (Fsp3) is 0.231. The van der Waals surface area contributed by atoms with Crippen LogP contribution in [0.25, 0.3) is 10.9 Å². The van der Waals surface area contributed by atoms with Crippen LogP contribution in [-0.4, -0.2) is 36.4 Å².